The molecule has 0 N–H and O–H groups in total. The Balaban J connectivity index is 3.23. The molecule has 10 heavy (non-hydrogen) atoms. The second kappa shape index (κ2) is 3.00. The first-order chi connectivity index (χ1) is 4.74. The maximum absolute atomic E-state index is 8.42. The summed E-state index contributed by atoms with van der Waals surface area (Å²) in [4.78, 5) is 3.76. The van der Waals surface area contributed by atoms with Gasteiger partial charge in [0, 0.05) is 6.20 Å². The predicted octanol–water partition coefficient (Wildman–Crippen LogP) is 2.37. The number of hydrogen-bond acceptors (Lipinski definition) is 2. The largest absolute Gasteiger partial charge is 0.243 e. The minimum Gasteiger partial charge on any atom is -0.243 e. The van der Waals surface area contributed by atoms with E-state index in [1.54, 1.807) is 6.07 Å². The Bertz CT molecular complexity index is 292. The predicted molar refractivity (Wildman–Crippen MR) is 41.7 cm³/mol. The molecule has 0 aliphatic carbocycles. The molecule has 0 amide bonds. The van der Waals surface area contributed by atoms with E-state index in [4.69, 9.17) is 16.9 Å². The second-order valence-electron chi connectivity index (χ2n) is 1.60. The molecule has 0 saturated heterocycles. The topological polar surface area (TPSA) is 36.7 Å². The van der Waals surface area contributed by atoms with E-state index < -0.39 is 0 Å². The van der Waals surface area contributed by atoms with Crippen LogP contribution in [0.4, 0.5) is 0 Å². The van der Waals surface area contributed by atoms with Crippen LogP contribution in [0, 0.1) is 11.3 Å². The molecule has 0 atom stereocenters. The molecule has 1 aromatic rings. The fraction of sp³-hybridized carbons (Fsp3) is 0. The standard InChI is InChI=1S/C6H2BrClN2/c7-5-1-4(8)3-10-6(5)2-9/h1,3H. The number of hydrogen-bond donors (Lipinski definition) is 0. The van der Waals surface area contributed by atoms with Gasteiger partial charge in [0.05, 0.1) is 9.50 Å². The number of rotatable bonds is 0. The quantitative estimate of drug-likeness (QED) is 0.669. The van der Waals surface area contributed by atoms with Crippen LogP contribution in [-0.4, -0.2) is 4.98 Å². The van der Waals surface area contributed by atoms with Crippen molar-refractivity contribution < 1.29 is 0 Å². The van der Waals surface area contributed by atoms with E-state index in [0.29, 0.717) is 15.2 Å². The fourth-order valence-corrected chi connectivity index (χ4v) is 1.22. The van der Waals surface area contributed by atoms with Crippen molar-refractivity contribution in [2.75, 3.05) is 0 Å². The van der Waals surface area contributed by atoms with Crippen molar-refractivity contribution in [2.24, 2.45) is 0 Å². The third kappa shape index (κ3) is 1.47. The van der Waals surface area contributed by atoms with Gasteiger partial charge in [0.15, 0.2) is 5.69 Å². The summed E-state index contributed by atoms with van der Waals surface area (Å²) in [6.45, 7) is 0. The molecule has 0 radical (unpaired) electrons. The van der Waals surface area contributed by atoms with Crippen molar-refractivity contribution in [1.82, 2.24) is 4.98 Å². The van der Waals surface area contributed by atoms with E-state index in [2.05, 4.69) is 20.9 Å². The average molecular weight is 217 g/mol. The lowest BCUT2D eigenvalue weighted by atomic mass is 10.4. The number of nitrogens with zero attached hydrogens (tertiary/aromatic N) is 2. The maximum atomic E-state index is 8.42. The van der Waals surface area contributed by atoms with Crippen molar-refractivity contribution in [1.29, 1.82) is 5.26 Å². The maximum Gasteiger partial charge on any atom is 0.154 e. The van der Waals surface area contributed by atoms with Gasteiger partial charge in [-0.25, -0.2) is 4.98 Å². The molecule has 0 saturated carbocycles. The first kappa shape index (κ1) is 7.52. The highest BCUT2D eigenvalue weighted by Crippen LogP contribution is 2.17. The van der Waals surface area contributed by atoms with Gasteiger partial charge in [-0.15, -0.1) is 0 Å². The molecule has 0 aromatic carbocycles. The molecule has 0 bridgehead atoms. The van der Waals surface area contributed by atoms with Crippen molar-refractivity contribution in [3.05, 3.63) is 27.5 Å². The molecule has 0 spiro atoms. The van der Waals surface area contributed by atoms with Crippen LogP contribution in [0.1, 0.15) is 5.69 Å². The molecule has 0 aliphatic rings. The average Bonchev–Trinajstić information content (AvgIpc) is 1.88. The zero-order valence-corrected chi connectivity index (χ0v) is 7.15. The Kier molecular flexibility index (Phi) is 2.25. The van der Waals surface area contributed by atoms with Crippen LogP contribution >= 0.6 is 27.5 Å². The summed E-state index contributed by atoms with van der Waals surface area (Å²) in [5, 5.41) is 8.94. The number of aromatic nitrogens is 1. The lowest BCUT2D eigenvalue weighted by Gasteiger charge is -1.92. The summed E-state index contributed by atoms with van der Waals surface area (Å²) in [6.07, 6.45) is 1.44. The van der Waals surface area contributed by atoms with Gasteiger partial charge in [-0.2, -0.15) is 5.26 Å². The Labute approximate surface area is 71.6 Å². The lowest BCUT2D eigenvalue weighted by molar-refractivity contribution is 1.24. The van der Waals surface area contributed by atoms with Gasteiger partial charge in [0.2, 0.25) is 0 Å². The van der Waals surface area contributed by atoms with E-state index in [0.717, 1.165) is 0 Å². The fourth-order valence-electron chi connectivity index (χ4n) is 0.497. The van der Waals surface area contributed by atoms with E-state index in [1.807, 2.05) is 6.07 Å². The Hall–Kier alpha value is -0.590. The van der Waals surface area contributed by atoms with Crippen LogP contribution in [0.15, 0.2) is 16.7 Å². The zero-order valence-electron chi connectivity index (χ0n) is 4.81. The third-order valence-electron chi connectivity index (χ3n) is 0.914. The first-order valence-corrected chi connectivity index (χ1v) is 3.62. The number of halogens is 2. The van der Waals surface area contributed by atoms with E-state index >= 15 is 0 Å². The van der Waals surface area contributed by atoms with E-state index in [9.17, 15) is 0 Å². The zero-order chi connectivity index (χ0) is 7.56. The Morgan fingerprint density at radius 2 is 2.40 bits per heavy atom. The lowest BCUT2D eigenvalue weighted by Crippen LogP contribution is -1.82. The molecule has 0 aliphatic heterocycles. The molecule has 0 fully saturated rings. The highest BCUT2D eigenvalue weighted by molar-refractivity contribution is 9.10. The summed E-state index contributed by atoms with van der Waals surface area (Å²) in [6, 6.07) is 3.54. The molecule has 1 heterocycles. The van der Waals surface area contributed by atoms with Gasteiger partial charge in [0.25, 0.3) is 0 Å². The van der Waals surface area contributed by atoms with Gasteiger partial charge in [-0.3, -0.25) is 0 Å². The first-order valence-electron chi connectivity index (χ1n) is 2.45. The van der Waals surface area contributed by atoms with Gasteiger partial charge in [-0.05, 0) is 22.0 Å². The normalized spacial score (nSPS) is 8.90. The summed E-state index contributed by atoms with van der Waals surface area (Å²) >= 11 is 8.71. The molecular weight excluding hydrogens is 215 g/mol. The van der Waals surface area contributed by atoms with Crippen LogP contribution in [0.25, 0.3) is 0 Å². The van der Waals surface area contributed by atoms with Crippen molar-refractivity contribution >= 4 is 27.5 Å². The Morgan fingerprint density at radius 3 is 2.90 bits per heavy atom. The minimum atomic E-state index is 0.351. The minimum absolute atomic E-state index is 0.351. The van der Waals surface area contributed by atoms with Gasteiger partial charge < -0.3 is 0 Å². The van der Waals surface area contributed by atoms with Crippen LogP contribution in [0.5, 0.6) is 0 Å². The van der Waals surface area contributed by atoms with Crippen LogP contribution < -0.4 is 0 Å². The molecule has 1 aromatic heterocycles. The highest BCUT2D eigenvalue weighted by Gasteiger charge is 1.98. The van der Waals surface area contributed by atoms with Gasteiger partial charge in [0.1, 0.15) is 6.07 Å². The molecule has 0 unspecified atom stereocenters. The molecule has 4 heteroatoms. The second-order valence-corrected chi connectivity index (χ2v) is 2.89. The highest BCUT2D eigenvalue weighted by atomic mass is 79.9. The van der Waals surface area contributed by atoms with Crippen molar-refractivity contribution in [2.45, 2.75) is 0 Å². The van der Waals surface area contributed by atoms with Gasteiger partial charge >= 0.3 is 0 Å². The SMILES string of the molecule is N#Cc1ncc(Cl)cc1Br. The van der Waals surface area contributed by atoms with Crippen LogP contribution in [0.3, 0.4) is 0 Å². The van der Waals surface area contributed by atoms with Crippen molar-refractivity contribution in [3.8, 4) is 6.07 Å². The molecule has 1 rings (SSSR count). The van der Waals surface area contributed by atoms with E-state index in [1.165, 1.54) is 6.20 Å². The summed E-state index contributed by atoms with van der Waals surface area (Å²) in [7, 11) is 0. The van der Waals surface area contributed by atoms with Crippen LogP contribution in [0.2, 0.25) is 5.02 Å². The smallest absolute Gasteiger partial charge is 0.154 e. The monoisotopic (exact) mass is 216 g/mol. The van der Waals surface area contributed by atoms with Gasteiger partial charge in [-0.1, -0.05) is 11.6 Å². The Morgan fingerprint density at radius 1 is 1.70 bits per heavy atom. The number of pyridine rings is 1. The summed E-state index contributed by atoms with van der Waals surface area (Å²) in [5.41, 5.74) is 0.351. The molecule has 2 nitrogen and oxygen atoms in total. The molecule has 50 valence electrons. The van der Waals surface area contributed by atoms with E-state index in [-0.39, 0.29) is 0 Å². The molecular formula is C6H2BrClN2. The van der Waals surface area contributed by atoms with Crippen molar-refractivity contribution in [3.63, 3.8) is 0 Å². The summed E-state index contributed by atoms with van der Waals surface area (Å²) < 4.78 is 0.627. The van der Waals surface area contributed by atoms with Crippen LogP contribution in [-0.2, 0) is 0 Å². The summed E-state index contributed by atoms with van der Waals surface area (Å²) in [5.74, 6) is 0. The number of nitriles is 1. The third-order valence-corrected chi connectivity index (χ3v) is 1.72.